The summed E-state index contributed by atoms with van der Waals surface area (Å²) >= 11 is 0. The van der Waals surface area contributed by atoms with E-state index in [4.69, 9.17) is 0 Å². The largest absolute Gasteiger partial charge is 1.00 e. The molecule has 0 heterocycles. The van der Waals surface area contributed by atoms with Crippen LogP contribution in [0.25, 0.3) is 0 Å². The van der Waals surface area contributed by atoms with Crippen molar-refractivity contribution >= 4 is 6.98 Å². The van der Waals surface area contributed by atoms with E-state index in [1.165, 1.54) is 0 Å². The monoisotopic (exact) mass is 226 g/mol. The summed E-state index contributed by atoms with van der Waals surface area (Å²) in [5.41, 5.74) is 0. The van der Waals surface area contributed by atoms with Crippen LogP contribution in [-0.4, -0.2) is 12.9 Å². The van der Waals surface area contributed by atoms with Gasteiger partial charge in [-0.1, -0.05) is 12.2 Å². The molecule has 1 rings (SSSR count). The summed E-state index contributed by atoms with van der Waals surface area (Å²) in [6.45, 7) is -4.89. The van der Waals surface area contributed by atoms with Gasteiger partial charge in [-0.05, 0) is 6.42 Å². The van der Waals surface area contributed by atoms with Gasteiger partial charge in [0.1, 0.15) is 0 Å². The molecule has 1 aliphatic carbocycles. The van der Waals surface area contributed by atoms with E-state index in [0.717, 1.165) is 0 Å². The molecule has 13 heavy (non-hydrogen) atoms. The Morgan fingerprint density at radius 2 is 1.77 bits per heavy atom. The molecule has 7 heteroatoms. The minimum absolute atomic E-state index is 0. The van der Waals surface area contributed by atoms with Crippen LogP contribution >= 0.6 is 0 Å². The van der Waals surface area contributed by atoms with Crippen molar-refractivity contribution in [1.29, 1.82) is 0 Å². The van der Waals surface area contributed by atoms with Crippen molar-refractivity contribution in [2.45, 2.75) is 31.5 Å². The van der Waals surface area contributed by atoms with Gasteiger partial charge in [0.25, 0.3) is 0 Å². The molecule has 1 aliphatic rings. The number of hydrogen-bond acceptors (Lipinski definition) is 0. The van der Waals surface area contributed by atoms with Gasteiger partial charge in [-0.15, -0.1) is 0 Å². The molecule has 0 amide bonds. The quantitative estimate of drug-likeness (QED) is 0.468. The zero-order chi connectivity index (χ0) is 9.41. The summed E-state index contributed by atoms with van der Waals surface area (Å²) < 4.78 is 60.1. The predicted octanol–water partition coefficient (Wildman–Crippen LogP) is 0.273. The van der Waals surface area contributed by atoms with Gasteiger partial charge in [-0.3, -0.25) is 0 Å². The van der Waals surface area contributed by atoms with Crippen LogP contribution in [0.1, 0.15) is 19.3 Å². The van der Waals surface area contributed by atoms with E-state index in [1.54, 1.807) is 0 Å². The van der Waals surface area contributed by atoms with Crippen molar-refractivity contribution in [3.05, 3.63) is 0 Å². The van der Waals surface area contributed by atoms with Crippen molar-refractivity contribution in [2.75, 3.05) is 0 Å². The second kappa shape index (κ2) is 4.92. The smallest absolute Gasteiger partial charge is 0.449 e. The molecular formula is C6H9BF5K. The third-order valence-electron chi connectivity index (χ3n) is 2.11. The zero-order valence-electron chi connectivity index (χ0n) is 7.37. The van der Waals surface area contributed by atoms with Crippen LogP contribution in [0.15, 0.2) is 0 Å². The maximum Gasteiger partial charge on any atom is 1.00 e. The number of hydrogen-bond donors (Lipinski definition) is 0. The Kier molecular flexibility index (Phi) is 5.43. The predicted molar refractivity (Wildman–Crippen MR) is 36.2 cm³/mol. The second-order valence-corrected chi connectivity index (χ2v) is 3.41. The molecule has 1 saturated carbocycles. The van der Waals surface area contributed by atoms with Crippen LogP contribution in [0.5, 0.6) is 0 Å². The molecule has 0 N–H and O–H groups in total. The van der Waals surface area contributed by atoms with Gasteiger partial charge in [-0.25, -0.2) is 8.78 Å². The molecule has 1 atom stereocenters. The van der Waals surface area contributed by atoms with Crippen molar-refractivity contribution in [1.82, 2.24) is 0 Å². The first-order chi connectivity index (χ1) is 5.29. The summed E-state index contributed by atoms with van der Waals surface area (Å²) in [6.07, 6.45) is -1.97. The Morgan fingerprint density at radius 1 is 1.23 bits per heavy atom. The van der Waals surface area contributed by atoms with Crippen LogP contribution in [0.4, 0.5) is 21.7 Å². The van der Waals surface area contributed by atoms with Crippen LogP contribution in [-0.2, 0) is 0 Å². The Hall–Kier alpha value is 1.35. The maximum absolute atomic E-state index is 12.4. The zero-order valence-corrected chi connectivity index (χ0v) is 10.5. The van der Waals surface area contributed by atoms with E-state index in [-0.39, 0.29) is 64.2 Å². The standard InChI is InChI=1S/C6H9BF5.K/c8-6(9)2-1-5(3-6)4-7(10,11)12;/h5H,1-4H2;/q-1;+1. The van der Waals surface area contributed by atoms with Crippen LogP contribution in [0.3, 0.4) is 0 Å². The average molecular weight is 226 g/mol. The first kappa shape index (κ1) is 14.4. The molecule has 1 fully saturated rings. The first-order valence-corrected chi connectivity index (χ1v) is 3.87. The fourth-order valence-corrected chi connectivity index (χ4v) is 1.62. The Morgan fingerprint density at radius 3 is 2.08 bits per heavy atom. The van der Waals surface area contributed by atoms with E-state index >= 15 is 0 Å². The minimum atomic E-state index is -4.89. The summed E-state index contributed by atoms with van der Waals surface area (Å²) in [5.74, 6) is -3.70. The van der Waals surface area contributed by atoms with Gasteiger partial charge in [0.2, 0.25) is 5.92 Å². The first-order valence-electron chi connectivity index (χ1n) is 3.87. The maximum atomic E-state index is 12.4. The molecule has 0 aliphatic heterocycles. The normalized spacial score (nSPS) is 27.0. The van der Waals surface area contributed by atoms with E-state index < -0.39 is 31.6 Å². The number of rotatable bonds is 2. The Bertz CT molecular complexity index is 169. The van der Waals surface area contributed by atoms with Gasteiger partial charge >= 0.3 is 58.4 Å². The molecule has 0 aromatic heterocycles. The van der Waals surface area contributed by atoms with Crippen LogP contribution < -0.4 is 51.4 Å². The Balaban J connectivity index is 0.00000144. The molecule has 1 unspecified atom stereocenters. The molecule has 0 nitrogen and oxygen atoms in total. The van der Waals surface area contributed by atoms with Gasteiger partial charge in [0.05, 0.1) is 0 Å². The SMILES string of the molecule is F[B-](F)(F)CC1CCC(F)(F)C1.[K+]. The molecule has 72 valence electrons. The minimum Gasteiger partial charge on any atom is -0.449 e. The third-order valence-corrected chi connectivity index (χ3v) is 2.11. The Labute approximate surface area is 116 Å². The van der Waals surface area contributed by atoms with Gasteiger partial charge in [0, 0.05) is 12.8 Å². The van der Waals surface area contributed by atoms with Gasteiger partial charge in [0.15, 0.2) is 0 Å². The van der Waals surface area contributed by atoms with Crippen molar-refractivity contribution < 1.29 is 73.1 Å². The van der Waals surface area contributed by atoms with E-state index in [1.807, 2.05) is 0 Å². The van der Waals surface area contributed by atoms with E-state index in [2.05, 4.69) is 0 Å². The molecule has 0 saturated heterocycles. The summed E-state index contributed by atoms with van der Waals surface area (Å²) in [4.78, 5) is 0. The van der Waals surface area contributed by atoms with Crippen LogP contribution in [0, 0.1) is 5.92 Å². The van der Waals surface area contributed by atoms with E-state index in [0.29, 0.717) is 0 Å². The fourth-order valence-electron chi connectivity index (χ4n) is 1.62. The summed E-state index contributed by atoms with van der Waals surface area (Å²) in [7, 11) is 0. The third kappa shape index (κ3) is 5.71. The molecule has 0 aromatic rings. The molecular weight excluding hydrogens is 217 g/mol. The second-order valence-electron chi connectivity index (χ2n) is 3.41. The topological polar surface area (TPSA) is 0 Å². The van der Waals surface area contributed by atoms with E-state index in [9.17, 15) is 21.7 Å². The van der Waals surface area contributed by atoms with Crippen molar-refractivity contribution in [3.8, 4) is 0 Å². The number of halogens is 5. The molecule has 0 aromatic carbocycles. The van der Waals surface area contributed by atoms with Gasteiger partial charge in [-0.2, -0.15) is 0 Å². The van der Waals surface area contributed by atoms with Crippen molar-refractivity contribution in [2.24, 2.45) is 5.92 Å². The van der Waals surface area contributed by atoms with Crippen molar-refractivity contribution in [3.63, 3.8) is 0 Å². The molecule has 0 radical (unpaired) electrons. The molecule has 0 bridgehead atoms. The fraction of sp³-hybridized carbons (Fsp3) is 1.00. The number of alkyl halides is 2. The van der Waals surface area contributed by atoms with Crippen LogP contribution in [0.2, 0.25) is 6.32 Å². The summed E-state index contributed by atoms with van der Waals surface area (Å²) in [5, 5.41) is 0. The average Bonchev–Trinajstić information content (AvgIpc) is 2.05. The van der Waals surface area contributed by atoms with Gasteiger partial charge < -0.3 is 12.9 Å². The molecule has 0 spiro atoms. The summed E-state index contributed by atoms with van der Waals surface area (Å²) in [6, 6.07) is 0.